The number of aliphatic carboxylic acids is 1. The molecule has 6 heteroatoms. The van der Waals surface area contributed by atoms with Crippen LogP contribution in [0.2, 0.25) is 0 Å². The van der Waals surface area contributed by atoms with Gasteiger partial charge in [-0.15, -0.1) is 0 Å². The Labute approximate surface area is 140 Å². The van der Waals surface area contributed by atoms with Crippen LogP contribution in [0.4, 0.5) is 0 Å². The predicted octanol–water partition coefficient (Wildman–Crippen LogP) is 2.22. The summed E-state index contributed by atoms with van der Waals surface area (Å²) in [6.07, 6.45) is 1.85. The SMILES string of the molecule is CC(C)Cn1cc(C(=O)N2CCOCC2C(=O)O)c2ccccc21. The molecule has 1 aliphatic rings. The summed E-state index contributed by atoms with van der Waals surface area (Å²) in [4.78, 5) is 25.9. The number of carboxylic acids is 1. The van der Waals surface area contributed by atoms with Crippen molar-refractivity contribution in [2.45, 2.75) is 26.4 Å². The maximum Gasteiger partial charge on any atom is 0.328 e. The minimum atomic E-state index is -1.03. The van der Waals surface area contributed by atoms with Gasteiger partial charge < -0.3 is 19.3 Å². The van der Waals surface area contributed by atoms with E-state index < -0.39 is 12.0 Å². The van der Waals surface area contributed by atoms with Gasteiger partial charge in [0, 0.05) is 30.2 Å². The lowest BCUT2D eigenvalue weighted by molar-refractivity contribution is -0.147. The Kier molecular flexibility index (Phi) is 4.57. The van der Waals surface area contributed by atoms with E-state index in [4.69, 9.17) is 4.74 Å². The summed E-state index contributed by atoms with van der Waals surface area (Å²) < 4.78 is 7.30. The molecule has 1 N–H and O–H groups in total. The monoisotopic (exact) mass is 330 g/mol. The number of hydrogen-bond donors (Lipinski definition) is 1. The number of morpholine rings is 1. The molecule has 0 bridgehead atoms. The molecule has 1 amide bonds. The number of ether oxygens (including phenoxy) is 1. The van der Waals surface area contributed by atoms with Crippen LogP contribution in [0.15, 0.2) is 30.5 Å². The highest BCUT2D eigenvalue weighted by Gasteiger charge is 2.34. The summed E-state index contributed by atoms with van der Waals surface area (Å²) in [6, 6.07) is 6.81. The van der Waals surface area contributed by atoms with Gasteiger partial charge in [0.15, 0.2) is 6.04 Å². The van der Waals surface area contributed by atoms with E-state index in [0.29, 0.717) is 24.6 Å². The van der Waals surface area contributed by atoms with Crippen molar-refractivity contribution in [3.63, 3.8) is 0 Å². The number of aromatic nitrogens is 1. The molecular weight excluding hydrogens is 308 g/mol. The van der Waals surface area contributed by atoms with Gasteiger partial charge in [0.25, 0.3) is 5.91 Å². The normalized spacial score (nSPS) is 18.3. The predicted molar refractivity (Wildman–Crippen MR) is 90.1 cm³/mol. The molecule has 1 aromatic heterocycles. The minimum absolute atomic E-state index is 0.0334. The second-order valence-corrected chi connectivity index (χ2v) is 6.53. The molecule has 1 aromatic carbocycles. The fourth-order valence-corrected chi connectivity index (χ4v) is 3.17. The molecule has 1 saturated heterocycles. The van der Waals surface area contributed by atoms with Gasteiger partial charge in [0.1, 0.15) is 0 Å². The van der Waals surface area contributed by atoms with E-state index in [1.54, 1.807) is 0 Å². The Morgan fingerprint density at radius 3 is 2.79 bits per heavy atom. The van der Waals surface area contributed by atoms with Crippen LogP contribution < -0.4 is 0 Å². The molecule has 2 aromatic rings. The molecule has 2 heterocycles. The van der Waals surface area contributed by atoms with Gasteiger partial charge >= 0.3 is 5.97 Å². The third kappa shape index (κ3) is 3.01. The second-order valence-electron chi connectivity index (χ2n) is 6.53. The van der Waals surface area contributed by atoms with Crippen LogP contribution in [0, 0.1) is 5.92 Å². The van der Waals surface area contributed by atoms with Crippen molar-refractivity contribution in [1.29, 1.82) is 0 Å². The number of benzene rings is 1. The third-order valence-corrected chi connectivity index (χ3v) is 4.26. The highest BCUT2D eigenvalue weighted by molar-refractivity contribution is 6.08. The fourth-order valence-electron chi connectivity index (χ4n) is 3.17. The van der Waals surface area contributed by atoms with Crippen LogP contribution in [-0.4, -0.2) is 52.3 Å². The standard InChI is InChI=1S/C18H22N2O4/c1-12(2)9-19-10-14(13-5-3-4-6-15(13)19)17(21)20-7-8-24-11-16(20)18(22)23/h3-6,10,12,16H,7-9,11H2,1-2H3,(H,22,23). The maximum absolute atomic E-state index is 13.0. The molecule has 128 valence electrons. The lowest BCUT2D eigenvalue weighted by Gasteiger charge is -2.32. The van der Waals surface area contributed by atoms with E-state index in [-0.39, 0.29) is 12.5 Å². The van der Waals surface area contributed by atoms with Gasteiger partial charge in [-0.05, 0) is 12.0 Å². The Balaban J connectivity index is 2.01. The Morgan fingerprint density at radius 1 is 1.33 bits per heavy atom. The van der Waals surface area contributed by atoms with E-state index in [0.717, 1.165) is 17.4 Å². The number of carboxylic acid groups (broad SMARTS) is 1. The third-order valence-electron chi connectivity index (χ3n) is 4.26. The summed E-state index contributed by atoms with van der Waals surface area (Å²) in [6.45, 7) is 5.74. The molecular formula is C18H22N2O4. The first kappa shape index (κ1) is 16.5. The zero-order chi connectivity index (χ0) is 17.3. The van der Waals surface area contributed by atoms with Crippen molar-refractivity contribution >= 4 is 22.8 Å². The zero-order valence-electron chi connectivity index (χ0n) is 13.9. The first-order chi connectivity index (χ1) is 11.5. The number of carbonyl (C=O) groups is 2. The maximum atomic E-state index is 13.0. The number of hydrogen-bond acceptors (Lipinski definition) is 3. The van der Waals surface area contributed by atoms with E-state index in [9.17, 15) is 14.7 Å². The zero-order valence-corrected chi connectivity index (χ0v) is 13.9. The molecule has 1 fully saturated rings. The first-order valence-electron chi connectivity index (χ1n) is 8.18. The minimum Gasteiger partial charge on any atom is -0.480 e. The van der Waals surface area contributed by atoms with Gasteiger partial charge in [0.05, 0.1) is 18.8 Å². The molecule has 6 nitrogen and oxygen atoms in total. The topological polar surface area (TPSA) is 71.8 Å². The van der Waals surface area contributed by atoms with Crippen LogP contribution in [0.5, 0.6) is 0 Å². The molecule has 1 atom stereocenters. The van der Waals surface area contributed by atoms with Crippen molar-refractivity contribution in [2.24, 2.45) is 5.92 Å². The average molecular weight is 330 g/mol. The van der Waals surface area contributed by atoms with E-state index in [1.165, 1.54) is 4.90 Å². The summed E-state index contributed by atoms with van der Waals surface area (Å²) in [5.41, 5.74) is 1.55. The van der Waals surface area contributed by atoms with E-state index in [2.05, 4.69) is 18.4 Å². The van der Waals surface area contributed by atoms with Crippen LogP contribution in [0.25, 0.3) is 10.9 Å². The van der Waals surface area contributed by atoms with Gasteiger partial charge in [-0.2, -0.15) is 0 Å². The highest BCUT2D eigenvalue weighted by Crippen LogP contribution is 2.25. The number of para-hydroxylation sites is 1. The number of carbonyl (C=O) groups excluding carboxylic acids is 1. The number of amides is 1. The van der Waals surface area contributed by atoms with Crippen LogP contribution in [-0.2, 0) is 16.1 Å². The number of fused-ring (bicyclic) bond motifs is 1. The molecule has 1 unspecified atom stereocenters. The van der Waals surface area contributed by atoms with Crippen molar-refractivity contribution in [2.75, 3.05) is 19.8 Å². The van der Waals surface area contributed by atoms with Gasteiger partial charge in [-0.25, -0.2) is 4.79 Å². The average Bonchev–Trinajstić information content (AvgIpc) is 2.92. The van der Waals surface area contributed by atoms with Crippen LogP contribution in [0.1, 0.15) is 24.2 Å². The Bertz CT molecular complexity index is 765. The summed E-state index contributed by atoms with van der Waals surface area (Å²) in [5.74, 6) is -0.836. The molecule has 3 rings (SSSR count). The van der Waals surface area contributed by atoms with Gasteiger partial charge in [0.2, 0.25) is 0 Å². The molecule has 1 aliphatic heterocycles. The van der Waals surface area contributed by atoms with Crippen molar-refractivity contribution in [1.82, 2.24) is 9.47 Å². The van der Waals surface area contributed by atoms with Crippen molar-refractivity contribution < 1.29 is 19.4 Å². The highest BCUT2D eigenvalue weighted by atomic mass is 16.5. The van der Waals surface area contributed by atoms with Crippen molar-refractivity contribution in [3.05, 3.63) is 36.0 Å². The molecule has 0 spiro atoms. The Hall–Kier alpha value is -2.34. The van der Waals surface area contributed by atoms with E-state index in [1.807, 2.05) is 30.5 Å². The molecule has 0 radical (unpaired) electrons. The first-order valence-corrected chi connectivity index (χ1v) is 8.18. The summed E-state index contributed by atoms with van der Waals surface area (Å²) in [7, 11) is 0. The molecule has 0 saturated carbocycles. The van der Waals surface area contributed by atoms with Gasteiger partial charge in [-0.3, -0.25) is 4.79 Å². The van der Waals surface area contributed by atoms with Crippen molar-refractivity contribution in [3.8, 4) is 0 Å². The number of rotatable bonds is 4. The lowest BCUT2D eigenvalue weighted by atomic mass is 10.1. The van der Waals surface area contributed by atoms with Crippen LogP contribution >= 0.6 is 0 Å². The smallest absolute Gasteiger partial charge is 0.328 e. The summed E-state index contributed by atoms with van der Waals surface area (Å²) in [5, 5.41) is 10.2. The summed E-state index contributed by atoms with van der Waals surface area (Å²) >= 11 is 0. The van der Waals surface area contributed by atoms with Crippen LogP contribution in [0.3, 0.4) is 0 Å². The second kappa shape index (κ2) is 6.65. The van der Waals surface area contributed by atoms with E-state index >= 15 is 0 Å². The molecule has 0 aliphatic carbocycles. The lowest BCUT2D eigenvalue weighted by Crippen LogP contribution is -2.52. The number of nitrogens with zero attached hydrogens (tertiary/aromatic N) is 2. The Morgan fingerprint density at radius 2 is 2.08 bits per heavy atom. The molecule has 24 heavy (non-hydrogen) atoms. The fraction of sp³-hybridized carbons (Fsp3) is 0.444. The van der Waals surface area contributed by atoms with Gasteiger partial charge in [-0.1, -0.05) is 32.0 Å². The quantitative estimate of drug-likeness (QED) is 0.933. The largest absolute Gasteiger partial charge is 0.480 e.